The number of fused-ring (bicyclic) bond motifs is 6. The van der Waals surface area contributed by atoms with E-state index < -0.39 is 62.0 Å². The average Bonchev–Trinajstić information content (AvgIpc) is 1.62. The highest BCUT2D eigenvalue weighted by molar-refractivity contribution is 7.19. The van der Waals surface area contributed by atoms with Crippen molar-refractivity contribution in [3.63, 3.8) is 0 Å². The van der Waals surface area contributed by atoms with E-state index in [1.165, 1.54) is 83.2 Å². The van der Waals surface area contributed by atoms with Crippen molar-refractivity contribution in [3.8, 4) is 0 Å². The van der Waals surface area contributed by atoms with Crippen LogP contribution in [0.3, 0.4) is 0 Å². The van der Waals surface area contributed by atoms with E-state index >= 15 is 0 Å². The minimum atomic E-state index is -4.26. The van der Waals surface area contributed by atoms with Gasteiger partial charge >= 0.3 is 18.5 Å². The van der Waals surface area contributed by atoms with Gasteiger partial charge in [-0.2, -0.15) is 39.5 Å². The molecule has 39 heteroatoms. The molecule has 0 saturated carbocycles. The number of piperidine rings is 3. The minimum Gasteiger partial charge on any atom is -0.367 e. The van der Waals surface area contributed by atoms with E-state index in [9.17, 15) is 53.9 Å². The highest BCUT2D eigenvalue weighted by atomic mass is 32.1. The second-order valence-corrected chi connectivity index (χ2v) is 43.5. The number of hydrogen-bond donors (Lipinski definition) is 5. The number of likely N-dealkylation sites (tertiary alicyclic amines) is 3. The number of alkyl halides is 9. The van der Waals surface area contributed by atoms with Gasteiger partial charge in [0.2, 0.25) is 11.8 Å². The molecule has 27 nitrogen and oxygen atoms in total. The Morgan fingerprint density at radius 1 is 0.424 bits per heavy atom. The molecule has 12 aromatic rings. The number of aromatic nitrogens is 9. The first-order chi connectivity index (χ1) is 68.6. The molecule has 18 rings (SSSR count). The Bertz CT molecular complexity index is 6520. The second-order valence-electron chi connectivity index (χ2n) is 40.2. The van der Waals surface area contributed by atoms with Crippen molar-refractivity contribution >= 4 is 133 Å². The summed E-state index contributed by atoms with van der Waals surface area (Å²) in [6.07, 6.45) is -9.65. The number of carbonyl (C=O) groups excluding carboxylic acids is 3. The molecular formula is C105H138F9N21O6S3. The second kappa shape index (κ2) is 45.9. The zero-order valence-corrected chi connectivity index (χ0v) is 87.7. The van der Waals surface area contributed by atoms with Gasteiger partial charge in [-0.15, -0.1) is 34.0 Å². The summed E-state index contributed by atoms with van der Waals surface area (Å²) in [4.78, 5) is 82.7. The molecule has 144 heavy (non-hydrogen) atoms. The van der Waals surface area contributed by atoms with Crippen LogP contribution in [-0.2, 0) is 106 Å². The van der Waals surface area contributed by atoms with Gasteiger partial charge in [0.05, 0.1) is 55.2 Å². The first-order valence-electron chi connectivity index (χ1n) is 50.7. The molecule has 15 heterocycles. The number of halogens is 9. The Morgan fingerprint density at radius 2 is 0.715 bits per heavy atom. The van der Waals surface area contributed by atoms with Crippen LogP contribution in [0.2, 0.25) is 0 Å². The topological polar surface area (TPSA) is 268 Å². The summed E-state index contributed by atoms with van der Waals surface area (Å²) in [5.74, 6) is 3.39. The molecule has 6 atom stereocenters. The van der Waals surface area contributed by atoms with Crippen LogP contribution in [0.15, 0.2) is 72.8 Å². The highest BCUT2D eigenvalue weighted by Gasteiger charge is 2.38. The van der Waals surface area contributed by atoms with Crippen LogP contribution in [0.25, 0.3) is 63.4 Å². The first kappa shape index (κ1) is 107. The van der Waals surface area contributed by atoms with E-state index in [1.54, 1.807) is 44.2 Å². The Labute approximate surface area is 847 Å². The monoisotopic (exact) mass is 2060 g/mol. The third kappa shape index (κ3) is 25.9. The van der Waals surface area contributed by atoms with E-state index in [0.29, 0.717) is 124 Å². The summed E-state index contributed by atoms with van der Waals surface area (Å²) < 4.78 is 142. The molecule has 780 valence electrons. The van der Waals surface area contributed by atoms with Crippen molar-refractivity contribution in [1.29, 1.82) is 0 Å². The average molecular weight is 2060 g/mol. The number of carbonyl (C=O) groups is 3. The maximum atomic E-state index is 13.1. The number of amides is 3. The van der Waals surface area contributed by atoms with Crippen LogP contribution < -0.4 is 27.0 Å². The number of primary amides is 1. The molecule has 6 aliphatic rings. The van der Waals surface area contributed by atoms with Crippen molar-refractivity contribution in [2.75, 3.05) is 135 Å². The van der Waals surface area contributed by atoms with E-state index in [2.05, 4.69) is 211 Å². The largest absolute Gasteiger partial charge is 0.393 e. The molecule has 6 fully saturated rings. The fraction of sp³-hybridized carbons (Fsp3) is 0.571. The highest BCUT2D eigenvalue weighted by Crippen LogP contribution is 2.41. The maximum Gasteiger partial charge on any atom is 0.393 e. The number of hydrogen-bond acceptors (Lipinski definition) is 24. The third-order valence-corrected chi connectivity index (χ3v) is 32.7. The van der Waals surface area contributed by atoms with Crippen LogP contribution in [0.4, 0.5) is 57.0 Å². The van der Waals surface area contributed by atoms with Crippen molar-refractivity contribution in [2.45, 2.75) is 272 Å². The summed E-state index contributed by atoms with van der Waals surface area (Å²) in [6.45, 7) is 41.9. The number of rotatable bonds is 30. The fourth-order valence-corrected chi connectivity index (χ4v) is 24.4. The van der Waals surface area contributed by atoms with Gasteiger partial charge in [-0.3, -0.25) is 43.8 Å². The Balaban J connectivity index is 0.000000155. The van der Waals surface area contributed by atoms with E-state index in [4.69, 9.17) is 19.9 Å². The normalized spacial score (nSPS) is 19.3. The maximum absolute atomic E-state index is 13.1. The predicted octanol–water partition coefficient (Wildman–Crippen LogP) is 17.6. The number of likely N-dealkylation sites (N-methyl/N-ethyl adjacent to an activating group) is 2. The Hall–Kier alpha value is -9.78. The smallest absolute Gasteiger partial charge is 0.367 e. The quantitative estimate of drug-likeness (QED) is 0.0262. The SMILES string of the molecule is CCc1nc(NC2CCN(Cc3ccc4c(cc(C)n4C[C@H](C)N4CCOC(C(=O)N(C)C)C4)c3C)CC2)c2cc(CC(F)(F)F)sc2n1.CCc1nc(NC2CCN(Cc3ccc4c(cc(C)n4C[C@H](C)N4CCOC(C(=O)NC)C4)c3C)CC2)c2cc(CC(F)(F)F)sc2n1.CCc1nc(NC2CCN(Cc3ccc4c(cc(C)n4C[C@H](C)N4CCOC(C(N)=O)C4)c3C)CC2)c2cc(CC(F)(F)F)sc2n1. The summed E-state index contributed by atoms with van der Waals surface area (Å²) in [6, 6.07) is 26.5. The number of nitrogens with zero attached hydrogens (tertiary/aromatic N) is 16. The van der Waals surface area contributed by atoms with Gasteiger partial charge < -0.3 is 59.8 Å². The summed E-state index contributed by atoms with van der Waals surface area (Å²) in [5.41, 5.74) is 20.7. The zero-order chi connectivity index (χ0) is 103. The molecule has 0 spiro atoms. The van der Waals surface area contributed by atoms with Crippen LogP contribution in [0.5, 0.6) is 0 Å². The molecule has 6 saturated heterocycles. The number of aryl methyl sites for hydroxylation is 9. The predicted molar refractivity (Wildman–Crippen MR) is 554 cm³/mol. The fourth-order valence-electron chi connectivity index (χ4n) is 21.2. The van der Waals surface area contributed by atoms with Crippen molar-refractivity contribution in [3.05, 3.63) is 155 Å². The molecule has 3 unspecified atom stereocenters. The van der Waals surface area contributed by atoms with Crippen LogP contribution in [0.1, 0.15) is 163 Å². The number of morpholine rings is 3. The molecule has 3 amide bonds. The lowest BCUT2D eigenvalue weighted by Crippen LogP contribution is -2.52. The molecule has 6 N–H and O–H groups in total. The number of nitrogens with one attached hydrogen (secondary N) is 4. The van der Waals surface area contributed by atoms with Gasteiger partial charge in [-0.1, -0.05) is 39.0 Å². The lowest BCUT2D eigenvalue weighted by atomic mass is 10.0. The van der Waals surface area contributed by atoms with E-state index in [-0.39, 0.29) is 62.7 Å². The first-order valence-corrected chi connectivity index (χ1v) is 53.1. The van der Waals surface area contributed by atoms with E-state index in [0.717, 1.165) is 171 Å². The Kier molecular flexibility index (Phi) is 34.1. The Morgan fingerprint density at radius 3 is 1.00 bits per heavy atom. The van der Waals surface area contributed by atoms with Gasteiger partial charge in [0, 0.05) is 259 Å². The molecule has 6 aliphatic heterocycles. The molecular weight excluding hydrogens is 1920 g/mol. The van der Waals surface area contributed by atoms with Gasteiger partial charge in [0.1, 0.15) is 67.7 Å². The molecule has 0 aliphatic carbocycles. The number of benzene rings is 3. The molecule has 3 aromatic carbocycles. The van der Waals surface area contributed by atoms with Gasteiger partial charge in [0.25, 0.3) is 5.91 Å². The number of anilines is 3. The molecule has 0 radical (unpaired) electrons. The minimum absolute atomic E-state index is 0.0145. The number of ether oxygens (including phenoxy) is 3. The van der Waals surface area contributed by atoms with Gasteiger partial charge in [-0.05, 0) is 189 Å². The van der Waals surface area contributed by atoms with Gasteiger partial charge in [-0.25, -0.2) is 29.9 Å². The van der Waals surface area contributed by atoms with Crippen LogP contribution in [-0.4, -0.2) is 288 Å². The lowest BCUT2D eigenvalue weighted by Gasteiger charge is -2.37. The van der Waals surface area contributed by atoms with Crippen molar-refractivity contribution in [1.82, 2.24) is 83.2 Å². The van der Waals surface area contributed by atoms with Crippen LogP contribution in [0, 0.1) is 41.5 Å². The molecule has 9 aromatic heterocycles. The number of thiophene rings is 3. The standard InChI is InChI=1S/C36H48F3N7O2S.C35H46F3N7O2S.C34H44F3N7O2S/c1-7-32-41-33(29-17-27(18-36(37,38)39)49-34(29)42-32)40-26-10-12-44(13-11-26)20-25-8-9-30-28(24(25)4)16-22(2)46(30)19-23(3)45-14-15-48-31(21-45)35(47)43(5)6;1-6-31-41-32(28-16-26(17-35(36,37)38)48-34(28)42-31)40-25-9-11-43(12-10-25)19-24-7-8-29-27(23(24)4)15-21(2)45(29)18-22(3)44-13-14-47-30(20-44)33(46)39-5;1-5-30-40-32(27-15-25(16-34(35,36)37)47-33(27)41-30)39-24-8-10-42(11-9-24)18-23-6-7-28-26(22(23)4)14-20(2)44(28)17-21(3)43-12-13-46-29(19-43)31(38)45/h8-9,16-17,23,26,31H,7,10-15,18-21H2,1-6H3,(H,40,41,42);7-8,15-16,22,25,30H,6,9-14,17-20H2,1-5H3,(H,39,46)(H,40,41,42);6-7,14-15,21,24,29H,5,8-13,16-19H2,1-4H3,(H2,38,45)(H,39,40,41)/t23-,31?;22-,30?;21-,29?/m000/s1. The zero-order valence-electron chi connectivity index (χ0n) is 85.3. The summed E-state index contributed by atoms with van der Waals surface area (Å²) in [7, 11) is 5.19. The van der Waals surface area contributed by atoms with Gasteiger partial charge in [0.15, 0.2) is 0 Å². The lowest BCUT2D eigenvalue weighted by molar-refractivity contribution is -0.148. The molecule has 0 bridgehead atoms. The summed E-state index contributed by atoms with van der Waals surface area (Å²) in [5, 5.41) is 19.3. The van der Waals surface area contributed by atoms with Crippen LogP contribution >= 0.6 is 34.0 Å². The van der Waals surface area contributed by atoms with E-state index in [1.807, 2.05) is 20.8 Å². The number of nitrogens with two attached hydrogens (primary N) is 1. The van der Waals surface area contributed by atoms with Crippen molar-refractivity contribution in [2.24, 2.45) is 5.73 Å². The summed E-state index contributed by atoms with van der Waals surface area (Å²) >= 11 is 3.32. The third-order valence-electron chi connectivity index (χ3n) is 29.6. The van der Waals surface area contributed by atoms with Crippen molar-refractivity contribution < 1.29 is 68.1 Å².